The van der Waals surface area contributed by atoms with E-state index in [0.717, 1.165) is 6.42 Å². The van der Waals surface area contributed by atoms with Crippen LogP contribution in [0.2, 0.25) is 0 Å². The van der Waals surface area contributed by atoms with Crippen molar-refractivity contribution in [1.82, 2.24) is 5.32 Å². The highest BCUT2D eigenvalue weighted by Crippen LogP contribution is 2.05. The Hall–Kier alpha value is -1.10. The molecule has 1 amide bonds. The molecule has 0 rings (SSSR count). The van der Waals surface area contributed by atoms with Crippen LogP contribution < -0.4 is 5.32 Å². The van der Waals surface area contributed by atoms with E-state index in [2.05, 4.69) is 5.32 Å². The van der Waals surface area contributed by atoms with Crippen molar-refractivity contribution in [1.29, 1.82) is 0 Å². The summed E-state index contributed by atoms with van der Waals surface area (Å²) in [5.74, 6) is -1.77. The third kappa shape index (κ3) is 5.70. The number of aliphatic carboxylic acids is 1. The molecule has 0 aliphatic heterocycles. The van der Waals surface area contributed by atoms with Crippen LogP contribution in [0.15, 0.2) is 0 Å². The summed E-state index contributed by atoms with van der Waals surface area (Å²) in [4.78, 5) is 22.3. The molecule has 2 N–H and O–H groups in total. The number of nitrogens with one attached hydrogen (secondary N) is 1. The molecule has 0 aromatic carbocycles. The van der Waals surface area contributed by atoms with Crippen LogP contribution >= 0.6 is 0 Å². The van der Waals surface area contributed by atoms with Crippen LogP contribution in [-0.4, -0.2) is 37.2 Å². The molecule has 0 spiro atoms. The van der Waals surface area contributed by atoms with Gasteiger partial charge in [-0.15, -0.1) is 0 Å². The maximum Gasteiger partial charge on any atom is 0.308 e. The number of carbonyl (C=O) groups excluding carboxylic acids is 1. The molecular formula is C11H21NO4. The van der Waals surface area contributed by atoms with Crippen LogP contribution in [0.4, 0.5) is 0 Å². The Balaban J connectivity index is 4.00. The van der Waals surface area contributed by atoms with E-state index in [4.69, 9.17) is 9.84 Å². The maximum atomic E-state index is 11.5. The van der Waals surface area contributed by atoms with Crippen molar-refractivity contribution in [2.75, 3.05) is 20.3 Å². The summed E-state index contributed by atoms with van der Waals surface area (Å²) in [6, 6.07) is 0. The predicted octanol–water partition coefficient (Wildman–Crippen LogP) is 0.886. The van der Waals surface area contributed by atoms with Crippen LogP contribution in [0.3, 0.4) is 0 Å². The van der Waals surface area contributed by atoms with Gasteiger partial charge in [-0.25, -0.2) is 0 Å². The first-order valence-electron chi connectivity index (χ1n) is 5.52. The standard InChI is InChI=1S/C11H21NO4/c1-4-5-9(11(14)15)6-12-10(13)8(2)7-16-3/h8-9H,4-7H2,1-3H3,(H,12,13)(H,14,15). The van der Waals surface area contributed by atoms with E-state index >= 15 is 0 Å². The Morgan fingerprint density at radius 1 is 1.44 bits per heavy atom. The smallest absolute Gasteiger partial charge is 0.308 e. The topological polar surface area (TPSA) is 75.6 Å². The van der Waals surface area contributed by atoms with Crippen molar-refractivity contribution in [2.45, 2.75) is 26.7 Å². The van der Waals surface area contributed by atoms with Crippen LogP contribution in [0.25, 0.3) is 0 Å². The predicted molar refractivity (Wildman–Crippen MR) is 60.1 cm³/mol. The van der Waals surface area contributed by atoms with Gasteiger partial charge in [-0.2, -0.15) is 0 Å². The van der Waals surface area contributed by atoms with Crippen molar-refractivity contribution in [2.24, 2.45) is 11.8 Å². The Morgan fingerprint density at radius 3 is 2.50 bits per heavy atom. The highest BCUT2D eigenvalue weighted by Gasteiger charge is 2.19. The largest absolute Gasteiger partial charge is 0.481 e. The first kappa shape index (κ1) is 14.9. The fourth-order valence-electron chi connectivity index (χ4n) is 1.39. The highest BCUT2D eigenvalue weighted by molar-refractivity contribution is 5.79. The van der Waals surface area contributed by atoms with Crippen LogP contribution in [-0.2, 0) is 14.3 Å². The molecule has 0 saturated heterocycles. The molecule has 0 heterocycles. The molecular weight excluding hydrogens is 210 g/mol. The second-order valence-electron chi connectivity index (χ2n) is 3.93. The molecule has 0 saturated carbocycles. The lowest BCUT2D eigenvalue weighted by Crippen LogP contribution is -2.37. The number of amides is 1. The minimum Gasteiger partial charge on any atom is -0.481 e. The van der Waals surface area contributed by atoms with Gasteiger partial charge in [-0.1, -0.05) is 20.3 Å². The van der Waals surface area contributed by atoms with E-state index in [1.165, 1.54) is 7.11 Å². The number of hydrogen-bond acceptors (Lipinski definition) is 3. The van der Waals surface area contributed by atoms with Gasteiger partial charge in [0.15, 0.2) is 0 Å². The zero-order chi connectivity index (χ0) is 12.6. The SMILES string of the molecule is CCCC(CNC(=O)C(C)COC)C(=O)O. The van der Waals surface area contributed by atoms with E-state index in [-0.39, 0.29) is 18.4 Å². The molecule has 0 fully saturated rings. The Kier molecular flexibility index (Phi) is 7.54. The molecule has 16 heavy (non-hydrogen) atoms. The summed E-state index contributed by atoms with van der Waals surface area (Å²) < 4.78 is 4.85. The Bertz CT molecular complexity index is 230. The minimum atomic E-state index is -0.860. The average Bonchev–Trinajstić information content (AvgIpc) is 2.23. The first-order chi connectivity index (χ1) is 7.52. The number of rotatable bonds is 8. The molecule has 0 aromatic heterocycles. The lowest BCUT2D eigenvalue weighted by molar-refractivity contribution is -0.142. The van der Waals surface area contributed by atoms with E-state index in [1.807, 2.05) is 6.92 Å². The molecule has 0 bridgehead atoms. The van der Waals surface area contributed by atoms with Crippen molar-refractivity contribution in [3.63, 3.8) is 0 Å². The van der Waals surface area contributed by atoms with Crippen molar-refractivity contribution in [3.8, 4) is 0 Å². The van der Waals surface area contributed by atoms with Crippen molar-refractivity contribution >= 4 is 11.9 Å². The molecule has 94 valence electrons. The quantitative estimate of drug-likeness (QED) is 0.650. The number of carbonyl (C=O) groups is 2. The molecule has 2 unspecified atom stereocenters. The number of ether oxygens (including phenoxy) is 1. The van der Waals surface area contributed by atoms with Gasteiger partial charge >= 0.3 is 5.97 Å². The minimum absolute atomic E-state index is 0.163. The summed E-state index contributed by atoms with van der Waals surface area (Å²) in [7, 11) is 1.53. The van der Waals surface area contributed by atoms with Crippen molar-refractivity contribution < 1.29 is 19.4 Å². The summed E-state index contributed by atoms with van der Waals surface area (Å²) in [5, 5.41) is 11.5. The molecule has 5 nitrogen and oxygen atoms in total. The van der Waals surface area contributed by atoms with Gasteiger partial charge in [-0.3, -0.25) is 9.59 Å². The highest BCUT2D eigenvalue weighted by atomic mass is 16.5. The van der Waals surface area contributed by atoms with Gasteiger partial charge in [-0.05, 0) is 6.42 Å². The summed E-state index contributed by atoms with van der Waals surface area (Å²) >= 11 is 0. The molecule has 0 aromatic rings. The summed E-state index contributed by atoms with van der Waals surface area (Å²) in [5.41, 5.74) is 0. The first-order valence-corrected chi connectivity index (χ1v) is 5.52. The van der Waals surface area contributed by atoms with Gasteiger partial charge in [0.2, 0.25) is 5.91 Å². The fraction of sp³-hybridized carbons (Fsp3) is 0.818. The number of hydrogen-bond donors (Lipinski definition) is 2. The van der Waals surface area contributed by atoms with E-state index in [1.54, 1.807) is 6.92 Å². The number of carboxylic acid groups (broad SMARTS) is 1. The normalized spacial score (nSPS) is 14.2. The Morgan fingerprint density at radius 2 is 2.06 bits per heavy atom. The van der Waals surface area contributed by atoms with E-state index < -0.39 is 11.9 Å². The number of carboxylic acids is 1. The molecule has 0 aliphatic rings. The third-order valence-corrected chi connectivity index (χ3v) is 2.37. The summed E-state index contributed by atoms with van der Waals surface area (Å²) in [6.07, 6.45) is 1.37. The van der Waals surface area contributed by atoms with Gasteiger partial charge in [0.05, 0.1) is 18.4 Å². The lowest BCUT2D eigenvalue weighted by atomic mass is 10.0. The average molecular weight is 231 g/mol. The third-order valence-electron chi connectivity index (χ3n) is 2.37. The zero-order valence-electron chi connectivity index (χ0n) is 10.2. The molecule has 0 radical (unpaired) electrons. The second kappa shape index (κ2) is 8.10. The van der Waals surface area contributed by atoms with Gasteiger partial charge in [0.25, 0.3) is 0 Å². The van der Waals surface area contributed by atoms with E-state index in [0.29, 0.717) is 13.0 Å². The number of methoxy groups -OCH3 is 1. The van der Waals surface area contributed by atoms with Gasteiger partial charge in [0.1, 0.15) is 0 Å². The van der Waals surface area contributed by atoms with Crippen LogP contribution in [0.1, 0.15) is 26.7 Å². The maximum absolute atomic E-state index is 11.5. The van der Waals surface area contributed by atoms with E-state index in [9.17, 15) is 9.59 Å². The molecule has 2 atom stereocenters. The van der Waals surface area contributed by atoms with Crippen LogP contribution in [0.5, 0.6) is 0 Å². The molecule has 0 aliphatic carbocycles. The Labute approximate surface area is 96.2 Å². The van der Waals surface area contributed by atoms with Crippen molar-refractivity contribution in [3.05, 3.63) is 0 Å². The van der Waals surface area contributed by atoms with Crippen LogP contribution in [0, 0.1) is 11.8 Å². The lowest BCUT2D eigenvalue weighted by Gasteiger charge is -2.15. The zero-order valence-corrected chi connectivity index (χ0v) is 10.2. The van der Waals surface area contributed by atoms with Gasteiger partial charge in [0, 0.05) is 13.7 Å². The monoisotopic (exact) mass is 231 g/mol. The van der Waals surface area contributed by atoms with Gasteiger partial charge < -0.3 is 15.2 Å². The second-order valence-corrected chi connectivity index (χ2v) is 3.93. The molecule has 5 heteroatoms. The summed E-state index contributed by atoms with van der Waals surface area (Å²) in [6.45, 7) is 4.20. The fourth-order valence-corrected chi connectivity index (χ4v) is 1.39.